The van der Waals surface area contributed by atoms with E-state index in [9.17, 15) is 14.7 Å². The van der Waals surface area contributed by atoms with Gasteiger partial charge in [-0.1, -0.05) is 12.1 Å². The molecular weight excluding hydrogens is 623 g/mol. The second-order valence-electron chi connectivity index (χ2n) is 11.3. The van der Waals surface area contributed by atoms with Crippen molar-refractivity contribution in [1.82, 2.24) is 29.3 Å². The number of fused-ring (bicyclic) bond motifs is 2. The first-order chi connectivity index (χ1) is 21.3. The van der Waals surface area contributed by atoms with E-state index in [-0.39, 0.29) is 30.3 Å². The third-order valence-electron chi connectivity index (χ3n) is 8.42. The molecule has 1 aromatic carbocycles. The number of thiazole rings is 1. The van der Waals surface area contributed by atoms with Gasteiger partial charge in [0.15, 0.2) is 17.0 Å². The summed E-state index contributed by atoms with van der Waals surface area (Å²) in [6, 6.07) is 6.10. The van der Waals surface area contributed by atoms with Crippen molar-refractivity contribution >= 4 is 57.5 Å². The number of aliphatic carboxylic acids is 1. The van der Waals surface area contributed by atoms with E-state index in [0.717, 1.165) is 25.1 Å². The Morgan fingerprint density at radius 3 is 2.64 bits per heavy atom. The summed E-state index contributed by atoms with van der Waals surface area (Å²) in [5.74, 6) is -1.24. The molecule has 4 aromatic heterocycles. The Morgan fingerprint density at radius 1 is 1.11 bits per heavy atom. The maximum absolute atomic E-state index is 16.0. The van der Waals surface area contributed by atoms with Gasteiger partial charge in [-0.05, 0) is 37.8 Å². The highest BCUT2D eigenvalue weighted by molar-refractivity contribution is 7.13. The van der Waals surface area contributed by atoms with Gasteiger partial charge in [-0.15, -0.1) is 23.7 Å². The number of benzene rings is 1. The van der Waals surface area contributed by atoms with Gasteiger partial charge in [0.05, 0.1) is 24.0 Å². The number of imidazole rings is 1. The number of nitrogens with zero attached hydrogens (tertiary/aromatic N) is 7. The summed E-state index contributed by atoms with van der Waals surface area (Å²) >= 11 is 1.31. The van der Waals surface area contributed by atoms with Gasteiger partial charge in [0.25, 0.3) is 5.91 Å². The summed E-state index contributed by atoms with van der Waals surface area (Å²) in [4.78, 5) is 39.9. The van der Waals surface area contributed by atoms with Gasteiger partial charge < -0.3 is 19.7 Å². The predicted octanol–water partition coefficient (Wildman–Crippen LogP) is 4.29. The molecule has 5 aromatic rings. The standard InChI is InChI=1S/C30H29FN8O4S.ClH/c31-24-20(18-4-6-22(33-15-18)37-11-7-30(43,8-12-37)14-23(40)41)5-3-19-16-39(36-25(19)24)27(28(42)35-29-32-9-13-44-29)26-21-2-1-10-38(21)17-34-26;/h3-6,9,13,15-17,27,43H,1-2,7-8,10-12,14H2,(H,40,41)(H,32,35,42);1H. The molecule has 0 radical (unpaired) electrons. The lowest BCUT2D eigenvalue weighted by atomic mass is 9.88. The normalized spacial score (nSPS) is 16.3. The second-order valence-corrected chi connectivity index (χ2v) is 12.2. The molecule has 1 unspecified atom stereocenters. The summed E-state index contributed by atoms with van der Waals surface area (Å²) in [5, 5.41) is 29.8. The predicted molar refractivity (Wildman–Crippen MR) is 168 cm³/mol. The molecule has 3 N–H and O–H groups in total. The number of carbonyl (C=O) groups excluding carboxylic acids is 1. The van der Waals surface area contributed by atoms with Crippen LogP contribution in [0.3, 0.4) is 0 Å². The van der Waals surface area contributed by atoms with E-state index in [1.54, 1.807) is 54.6 Å². The summed E-state index contributed by atoms with van der Waals surface area (Å²) < 4.78 is 19.5. The summed E-state index contributed by atoms with van der Waals surface area (Å²) in [6.07, 6.45) is 8.71. The molecule has 1 fully saturated rings. The largest absolute Gasteiger partial charge is 0.481 e. The van der Waals surface area contributed by atoms with Crippen LogP contribution in [0.2, 0.25) is 0 Å². The first kappa shape index (κ1) is 30.6. The van der Waals surface area contributed by atoms with Crippen molar-refractivity contribution in [2.24, 2.45) is 0 Å². The number of carbonyl (C=O) groups is 2. The van der Waals surface area contributed by atoms with Crippen LogP contribution < -0.4 is 10.2 Å². The van der Waals surface area contributed by atoms with E-state index in [0.29, 0.717) is 59.1 Å². The third kappa shape index (κ3) is 5.88. The Morgan fingerprint density at radius 2 is 1.93 bits per heavy atom. The monoisotopic (exact) mass is 652 g/mol. The summed E-state index contributed by atoms with van der Waals surface area (Å²) in [5.41, 5.74) is 1.35. The van der Waals surface area contributed by atoms with Gasteiger partial charge in [-0.25, -0.2) is 19.3 Å². The van der Waals surface area contributed by atoms with Crippen molar-refractivity contribution in [3.63, 3.8) is 0 Å². The van der Waals surface area contributed by atoms with Crippen molar-refractivity contribution < 1.29 is 24.2 Å². The van der Waals surface area contributed by atoms with Crippen LogP contribution in [-0.2, 0) is 22.6 Å². The number of nitrogens with one attached hydrogen (secondary N) is 1. The lowest BCUT2D eigenvalue weighted by Crippen LogP contribution is -2.45. The fourth-order valence-corrected chi connectivity index (χ4v) is 6.66. The van der Waals surface area contributed by atoms with Gasteiger partial charge in [0.1, 0.15) is 11.3 Å². The van der Waals surface area contributed by atoms with Crippen LogP contribution >= 0.6 is 23.7 Å². The molecule has 234 valence electrons. The molecule has 0 spiro atoms. The van der Waals surface area contributed by atoms with Crippen molar-refractivity contribution in [1.29, 1.82) is 0 Å². The van der Waals surface area contributed by atoms with Crippen molar-refractivity contribution in [3.8, 4) is 11.1 Å². The van der Waals surface area contributed by atoms with Crippen LogP contribution in [0, 0.1) is 5.82 Å². The minimum atomic E-state index is -1.22. The lowest BCUT2D eigenvalue weighted by Gasteiger charge is -2.37. The number of aliphatic hydroxyl groups is 1. The number of hydrogen-bond acceptors (Lipinski definition) is 9. The molecular formula is C30H30ClFN8O4S. The Kier molecular flexibility index (Phi) is 8.29. The number of amides is 1. The first-order valence-electron chi connectivity index (χ1n) is 14.4. The SMILES string of the molecule is Cl.O=C(O)CC1(O)CCN(c2ccc(-c3ccc4cn(C(C(=O)Nc5nccs5)c5ncn6c5CCC6)nc4c3F)cn2)CC1. The number of halogens is 2. The average Bonchev–Trinajstić information content (AvgIpc) is 3.80. The van der Waals surface area contributed by atoms with Gasteiger partial charge in [0, 0.05) is 65.8 Å². The van der Waals surface area contributed by atoms with Crippen LogP contribution in [0.1, 0.15) is 43.1 Å². The van der Waals surface area contributed by atoms with E-state index < -0.39 is 23.4 Å². The van der Waals surface area contributed by atoms with Crippen LogP contribution in [-0.4, -0.2) is 70.1 Å². The highest BCUT2D eigenvalue weighted by Crippen LogP contribution is 2.33. The van der Waals surface area contributed by atoms with E-state index in [2.05, 4.69) is 25.4 Å². The molecule has 1 amide bonds. The van der Waals surface area contributed by atoms with Crippen LogP contribution in [0.25, 0.3) is 22.0 Å². The number of anilines is 2. The maximum Gasteiger partial charge on any atom is 0.306 e. The van der Waals surface area contributed by atoms with Crippen LogP contribution in [0.5, 0.6) is 0 Å². The van der Waals surface area contributed by atoms with E-state index in [4.69, 9.17) is 5.11 Å². The number of hydrogen-bond donors (Lipinski definition) is 3. The highest BCUT2D eigenvalue weighted by Gasteiger charge is 2.35. The lowest BCUT2D eigenvalue weighted by molar-refractivity contribution is -0.143. The minimum absolute atomic E-state index is 0. The molecule has 0 saturated carbocycles. The Hall–Kier alpha value is -4.40. The highest BCUT2D eigenvalue weighted by atomic mass is 35.5. The van der Waals surface area contributed by atoms with Crippen molar-refractivity contribution in [2.45, 2.75) is 50.3 Å². The van der Waals surface area contributed by atoms with Crippen molar-refractivity contribution in [3.05, 3.63) is 71.8 Å². The maximum atomic E-state index is 16.0. The number of aromatic nitrogens is 6. The molecule has 1 atom stereocenters. The van der Waals surface area contributed by atoms with Gasteiger partial charge in [-0.2, -0.15) is 5.10 Å². The molecule has 12 nitrogen and oxygen atoms in total. The van der Waals surface area contributed by atoms with E-state index in [1.165, 1.54) is 16.0 Å². The first-order valence-corrected chi connectivity index (χ1v) is 15.2. The molecule has 2 aliphatic rings. The van der Waals surface area contributed by atoms with Crippen molar-refractivity contribution in [2.75, 3.05) is 23.3 Å². The minimum Gasteiger partial charge on any atom is -0.481 e. The second kappa shape index (κ2) is 12.2. The molecule has 0 bridgehead atoms. The molecule has 0 aliphatic carbocycles. The van der Waals surface area contributed by atoms with Gasteiger partial charge >= 0.3 is 5.97 Å². The number of aryl methyl sites for hydroxylation is 1. The zero-order chi connectivity index (χ0) is 30.4. The molecule has 2 aliphatic heterocycles. The third-order valence-corrected chi connectivity index (χ3v) is 9.11. The van der Waals surface area contributed by atoms with E-state index >= 15 is 4.39 Å². The van der Waals surface area contributed by atoms with E-state index in [1.807, 2.05) is 9.47 Å². The average molecular weight is 653 g/mol. The Bertz CT molecular complexity index is 1850. The van der Waals surface area contributed by atoms with Crippen LogP contribution in [0.15, 0.2) is 54.6 Å². The van der Waals surface area contributed by atoms with Gasteiger partial charge in [-0.3, -0.25) is 19.6 Å². The molecule has 45 heavy (non-hydrogen) atoms. The number of pyridine rings is 1. The fourth-order valence-electron chi connectivity index (χ4n) is 6.13. The smallest absolute Gasteiger partial charge is 0.306 e. The number of rotatable bonds is 8. The molecule has 15 heteroatoms. The zero-order valence-corrected chi connectivity index (χ0v) is 25.6. The Labute approximate surface area is 267 Å². The van der Waals surface area contributed by atoms with Crippen LogP contribution in [0.4, 0.5) is 15.3 Å². The Balaban J connectivity index is 0.00000357. The number of carboxylic acid groups (broad SMARTS) is 1. The fraction of sp³-hybridized carbons (Fsp3) is 0.333. The summed E-state index contributed by atoms with van der Waals surface area (Å²) in [6.45, 7) is 1.76. The van der Waals surface area contributed by atoms with Gasteiger partial charge in [0.2, 0.25) is 0 Å². The molecule has 7 rings (SSSR count). The molecule has 1 saturated heterocycles. The molecule has 6 heterocycles. The number of piperidine rings is 1. The summed E-state index contributed by atoms with van der Waals surface area (Å²) in [7, 11) is 0. The topological polar surface area (TPSA) is 151 Å². The number of carboxylic acids is 1. The zero-order valence-electron chi connectivity index (χ0n) is 24.0. The quantitative estimate of drug-likeness (QED) is 0.223.